The molecular weight excluding hydrogens is 623 g/mol. The summed E-state index contributed by atoms with van der Waals surface area (Å²) in [4.78, 5) is 2.45. The predicted octanol–water partition coefficient (Wildman–Crippen LogP) is 15.1. The van der Waals surface area contributed by atoms with Crippen molar-refractivity contribution >= 4 is 48.6 Å². The standard InChI is InChI=1S/C48H55NS/c1-46(2,3)35-29-41(47(4,5)6)45(42(30-35)48(7,8)9)34-21-25-37(26-22-34)49(36-23-19-33(20-24-36)32-15-11-10-12-16-32)38-27-28-40-39-17-13-14-18-43(39)50-44(40)31-38/h13-14,17-32H,10-12,15-16H2,1-9H3. The molecule has 50 heavy (non-hydrogen) atoms. The Kier molecular flexibility index (Phi) is 9.00. The third-order valence-corrected chi connectivity index (χ3v) is 12.0. The van der Waals surface area contributed by atoms with Crippen LogP contribution in [-0.4, -0.2) is 0 Å². The van der Waals surface area contributed by atoms with E-state index in [0.717, 1.165) is 0 Å². The Morgan fingerprint density at radius 3 is 1.64 bits per heavy atom. The summed E-state index contributed by atoms with van der Waals surface area (Å²) in [6.45, 7) is 21.2. The van der Waals surface area contributed by atoms with E-state index in [1.54, 1.807) is 0 Å². The highest BCUT2D eigenvalue weighted by Gasteiger charge is 2.30. The molecule has 0 unspecified atom stereocenters. The van der Waals surface area contributed by atoms with Crippen LogP contribution in [0.2, 0.25) is 0 Å². The van der Waals surface area contributed by atoms with E-state index in [1.165, 1.54) is 103 Å². The molecule has 0 radical (unpaired) electrons. The lowest BCUT2D eigenvalue weighted by Crippen LogP contribution is -2.23. The van der Waals surface area contributed by atoms with E-state index in [1.807, 2.05) is 11.3 Å². The molecule has 0 bridgehead atoms. The molecule has 1 aliphatic carbocycles. The minimum Gasteiger partial charge on any atom is -0.310 e. The summed E-state index contributed by atoms with van der Waals surface area (Å²) >= 11 is 1.89. The van der Waals surface area contributed by atoms with Crippen molar-refractivity contribution in [3.05, 3.63) is 125 Å². The second-order valence-electron chi connectivity index (χ2n) is 17.8. The largest absolute Gasteiger partial charge is 0.310 e. The number of thiophene rings is 1. The smallest absolute Gasteiger partial charge is 0.0476 e. The van der Waals surface area contributed by atoms with Gasteiger partial charge in [-0.05, 0) is 111 Å². The molecule has 1 aromatic heterocycles. The molecule has 1 fully saturated rings. The van der Waals surface area contributed by atoms with Gasteiger partial charge in [-0.1, -0.05) is 142 Å². The first kappa shape index (κ1) is 34.6. The summed E-state index contributed by atoms with van der Waals surface area (Å²) in [6, 6.07) is 39.7. The number of hydrogen-bond acceptors (Lipinski definition) is 2. The normalized spacial score (nSPS) is 14.8. The van der Waals surface area contributed by atoms with Gasteiger partial charge in [-0.3, -0.25) is 0 Å². The van der Waals surface area contributed by atoms with Gasteiger partial charge in [0.15, 0.2) is 0 Å². The first-order valence-corrected chi connectivity index (χ1v) is 19.6. The van der Waals surface area contributed by atoms with Crippen molar-refractivity contribution in [2.75, 3.05) is 4.90 Å². The Bertz CT molecular complexity index is 2080. The van der Waals surface area contributed by atoms with Gasteiger partial charge in [0.2, 0.25) is 0 Å². The predicted molar refractivity (Wildman–Crippen MR) is 221 cm³/mol. The fourth-order valence-electron chi connectivity index (χ4n) is 7.98. The van der Waals surface area contributed by atoms with Gasteiger partial charge >= 0.3 is 0 Å². The average Bonchev–Trinajstić information content (AvgIpc) is 3.46. The molecule has 7 rings (SSSR count). The quantitative estimate of drug-likeness (QED) is 0.176. The molecule has 0 saturated heterocycles. The van der Waals surface area contributed by atoms with Crippen LogP contribution < -0.4 is 4.90 Å². The number of nitrogens with zero attached hydrogens (tertiary/aromatic N) is 1. The van der Waals surface area contributed by atoms with Crippen LogP contribution in [0.3, 0.4) is 0 Å². The molecule has 258 valence electrons. The number of rotatable bonds is 5. The third-order valence-electron chi connectivity index (χ3n) is 10.9. The summed E-state index contributed by atoms with van der Waals surface area (Å²) < 4.78 is 2.67. The van der Waals surface area contributed by atoms with Crippen LogP contribution in [0, 0.1) is 0 Å². The van der Waals surface area contributed by atoms with E-state index in [2.05, 4.69) is 170 Å². The molecule has 1 nitrogen and oxygen atoms in total. The number of hydrogen-bond donors (Lipinski definition) is 0. The maximum atomic E-state index is 2.49. The van der Waals surface area contributed by atoms with E-state index >= 15 is 0 Å². The molecule has 1 aliphatic rings. The van der Waals surface area contributed by atoms with Crippen molar-refractivity contribution in [2.45, 2.75) is 117 Å². The van der Waals surface area contributed by atoms with Gasteiger partial charge in [0.05, 0.1) is 0 Å². The van der Waals surface area contributed by atoms with E-state index in [0.29, 0.717) is 5.92 Å². The van der Waals surface area contributed by atoms with E-state index in [4.69, 9.17) is 0 Å². The summed E-state index contributed by atoms with van der Waals surface area (Å²) in [7, 11) is 0. The molecule has 0 atom stereocenters. The zero-order valence-corrected chi connectivity index (χ0v) is 32.6. The molecule has 5 aromatic carbocycles. The SMILES string of the molecule is CC(C)(C)c1cc(C(C)(C)C)c(-c2ccc(N(c3ccc(C4CCCCC4)cc3)c3ccc4c(c3)sc3ccccc34)cc2)c(C(C)(C)C)c1. The van der Waals surface area contributed by atoms with Crippen molar-refractivity contribution < 1.29 is 0 Å². The van der Waals surface area contributed by atoms with Crippen molar-refractivity contribution in [2.24, 2.45) is 0 Å². The molecule has 0 N–H and O–H groups in total. The molecule has 0 spiro atoms. The minimum atomic E-state index is 0.00103. The molecule has 0 aliphatic heterocycles. The van der Waals surface area contributed by atoms with Crippen molar-refractivity contribution in [3.8, 4) is 11.1 Å². The Labute approximate surface area is 305 Å². The van der Waals surface area contributed by atoms with Crippen LogP contribution >= 0.6 is 11.3 Å². The fraction of sp³-hybridized carbons (Fsp3) is 0.375. The van der Waals surface area contributed by atoms with E-state index < -0.39 is 0 Å². The Morgan fingerprint density at radius 1 is 0.520 bits per heavy atom. The second-order valence-corrected chi connectivity index (χ2v) is 18.9. The summed E-state index contributed by atoms with van der Waals surface area (Å²) in [5.74, 6) is 0.694. The highest BCUT2D eigenvalue weighted by molar-refractivity contribution is 7.25. The number of fused-ring (bicyclic) bond motifs is 3. The van der Waals surface area contributed by atoms with E-state index in [9.17, 15) is 0 Å². The topological polar surface area (TPSA) is 3.24 Å². The number of anilines is 3. The van der Waals surface area contributed by atoms with Gasteiger partial charge in [-0.2, -0.15) is 0 Å². The molecule has 6 aromatic rings. The molecule has 0 amide bonds. The Morgan fingerprint density at radius 2 is 1.06 bits per heavy atom. The van der Waals surface area contributed by atoms with Crippen LogP contribution in [0.25, 0.3) is 31.3 Å². The van der Waals surface area contributed by atoms with E-state index in [-0.39, 0.29) is 16.2 Å². The monoisotopic (exact) mass is 677 g/mol. The van der Waals surface area contributed by atoms with Gasteiger partial charge in [0.1, 0.15) is 0 Å². The van der Waals surface area contributed by atoms with Gasteiger partial charge in [0, 0.05) is 37.2 Å². The molecule has 1 heterocycles. The van der Waals surface area contributed by atoms with Crippen LogP contribution in [0.5, 0.6) is 0 Å². The maximum absolute atomic E-state index is 2.49. The van der Waals surface area contributed by atoms with Gasteiger partial charge in [-0.15, -0.1) is 11.3 Å². The molecular formula is C48H55NS. The second kappa shape index (κ2) is 13.0. The van der Waals surface area contributed by atoms with Crippen LogP contribution in [0.4, 0.5) is 17.1 Å². The van der Waals surface area contributed by atoms with Crippen molar-refractivity contribution in [1.29, 1.82) is 0 Å². The molecule has 2 heteroatoms. The molecule has 1 saturated carbocycles. The van der Waals surface area contributed by atoms with Crippen molar-refractivity contribution in [1.82, 2.24) is 0 Å². The maximum Gasteiger partial charge on any atom is 0.0476 e. The summed E-state index contributed by atoms with van der Waals surface area (Å²) in [5.41, 5.74) is 12.1. The Balaban J connectivity index is 1.36. The van der Waals surface area contributed by atoms with Gasteiger partial charge in [0.25, 0.3) is 0 Å². The van der Waals surface area contributed by atoms with Crippen LogP contribution in [0.15, 0.2) is 103 Å². The highest BCUT2D eigenvalue weighted by Crippen LogP contribution is 2.46. The lowest BCUT2D eigenvalue weighted by molar-refractivity contribution is 0.443. The third kappa shape index (κ3) is 6.76. The summed E-state index contributed by atoms with van der Waals surface area (Å²) in [6.07, 6.45) is 6.72. The zero-order chi connectivity index (χ0) is 35.4. The average molecular weight is 678 g/mol. The Hall–Kier alpha value is -3.88. The number of benzene rings is 5. The van der Waals surface area contributed by atoms with Crippen molar-refractivity contribution in [3.63, 3.8) is 0 Å². The van der Waals surface area contributed by atoms with Gasteiger partial charge < -0.3 is 4.90 Å². The van der Waals surface area contributed by atoms with Crippen LogP contribution in [0.1, 0.15) is 123 Å². The lowest BCUT2D eigenvalue weighted by atomic mass is 9.71. The lowest BCUT2D eigenvalue weighted by Gasteiger charge is -2.34. The minimum absolute atomic E-state index is 0.00103. The highest BCUT2D eigenvalue weighted by atomic mass is 32.1. The fourth-order valence-corrected chi connectivity index (χ4v) is 9.12. The first-order valence-electron chi connectivity index (χ1n) is 18.8. The summed E-state index contributed by atoms with van der Waals surface area (Å²) in [5, 5.41) is 2.67. The van der Waals surface area contributed by atoms with Crippen LogP contribution in [-0.2, 0) is 16.2 Å². The van der Waals surface area contributed by atoms with Gasteiger partial charge in [-0.25, -0.2) is 0 Å². The zero-order valence-electron chi connectivity index (χ0n) is 31.8. The first-order chi connectivity index (χ1) is 23.7.